The molecule has 0 radical (unpaired) electrons. The first-order valence-electron chi connectivity index (χ1n) is 7.13. The van der Waals surface area contributed by atoms with Crippen LogP contribution in [0.2, 0.25) is 0 Å². The summed E-state index contributed by atoms with van der Waals surface area (Å²) in [5, 5.41) is 3.32. The minimum atomic E-state index is 0.315. The van der Waals surface area contributed by atoms with Crippen molar-refractivity contribution in [3.8, 4) is 17.5 Å². The summed E-state index contributed by atoms with van der Waals surface area (Å²) in [5.41, 5.74) is 1.02. The lowest BCUT2D eigenvalue weighted by atomic mass is 10.3. The SMILES string of the molecule is CCOc1ccccc1Oc1ncc(CNC(C)C)cn1. The number of hydrogen-bond acceptors (Lipinski definition) is 5. The standard InChI is InChI=1S/C16H21N3O2/c1-4-20-14-7-5-6-8-15(14)21-16-18-10-13(11-19-16)9-17-12(2)3/h5-8,10-12,17H,4,9H2,1-3H3. The molecule has 2 aromatic rings. The van der Waals surface area contributed by atoms with Crippen molar-refractivity contribution in [2.24, 2.45) is 0 Å². The van der Waals surface area contributed by atoms with Crippen molar-refractivity contribution in [3.05, 3.63) is 42.2 Å². The molecule has 1 aromatic carbocycles. The lowest BCUT2D eigenvalue weighted by Gasteiger charge is -2.10. The Labute approximate surface area is 125 Å². The molecule has 0 atom stereocenters. The molecule has 0 bridgehead atoms. The van der Waals surface area contributed by atoms with Crippen LogP contribution in [0, 0.1) is 0 Å². The minimum Gasteiger partial charge on any atom is -0.490 e. The predicted octanol–water partition coefficient (Wildman–Crippen LogP) is 3.17. The number of rotatable bonds is 7. The largest absolute Gasteiger partial charge is 0.490 e. The first-order valence-corrected chi connectivity index (χ1v) is 7.13. The Hall–Kier alpha value is -2.14. The maximum absolute atomic E-state index is 5.68. The molecule has 0 aliphatic rings. The zero-order chi connectivity index (χ0) is 15.1. The molecule has 0 fully saturated rings. The van der Waals surface area contributed by atoms with Gasteiger partial charge in [0, 0.05) is 30.5 Å². The van der Waals surface area contributed by atoms with E-state index >= 15 is 0 Å². The Morgan fingerprint density at radius 2 is 1.76 bits per heavy atom. The molecule has 1 heterocycles. The van der Waals surface area contributed by atoms with E-state index in [0.717, 1.165) is 12.1 Å². The molecule has 0 aliphatic carbocycles. The molecule has 0 spiro atoms. The van der Waals surface area contributed by atoms with Crippen LogP contribution in [0.1, 0.15) is 26.3 Å². The quantitative estimate of drug-likeness (QED) is 0.847. The van der Waals surface area contributed by atoms with E-state index in [-0.39, 0.29) is 0 Å². The van der Waals surface area contributed by atoms with Gasteiger partial charge in [0.15, 0.2) is 11.5 Å². The minimum absolute atomic E-state index is 0.315. The molecule has 0 amide bonds. The van der Waals surface area contributed by atoms with Crippen molar-refractivity contribution in [2.45, 2.75) is 33.4 Å². The Morgan fingerprint density at radius 3 is 2.38 bits per heavy atom. The maximum atomic E-state index is 5.68. The van der Waals surface area contributed by atoms with Crippen LogP contribution >= 0.6 is 0 Å². The van der Waals surface area contributed by atoms with Gasteiger partial charge in [-0.2, -0.15) is 0 Å². The van der Waals surface area contributed by atoms with Gasteiger partial charge in [-0.25, -0.2) is 9.97 Å². The first kappa shape index (κ1) is 15.3. The highest BCUT2D eigenvalue weighted by Gasteiger charge is 2.07. The fourth-order valence-corrected chi connectivity index (χ4v) is 1.72. The van der Waals surface area contributed by atoms with E-state index in [1.54, 1.807) is 12.4 Å². The monoisotopic (exact) mass is 287 g/mol. The van der Waals surface area contributed by atoms with Crippen LogP contribution in [-0.2, 0) is 6.54 Å². The van der Waals surface area contributed by atoms with E-state index in [4.69, 9.17) is 9.47 Å². The molecular formula is C16H21N3O2. The van der Waals surface area contributed by atoms with Crippen LogP contribution in [0.3, 0.4) is 0 Å². The van der Waals surface area contributed by atoms with Crippen molar-refractivity contribution < 1.29 is 9.47 Å². The Morgan fingerprint density at radius 1 is 1.10 bits per heavy atom. The summed E-state index contributed by atoms with van der Waals surface area (Å²) in [5.74, 6) is 1.31. The molecule has 0 aliphatic heterocycles. The molecule has 5 nitrogen and oxygen atoms in total. The Bertz CT molecular complexity index is 556. The second kappa shape index (κ2) is 7.59. The molecule has 0 saturated heterocycles. The Kier molecular flexibility index (Phi) is 5.51. The van der Waals surface area contributed by atoms with Gasteiger partial charge < -0.3 is 14.8 Å². The fraction of sp³-hybridized carbons (Fsp3) is 0.375. The second-order valence-corrected chi connectivity index (χ2v) is 4.89. The zero-order valence-corrected chi connectivity index (χ0v) is 12.7. The smallest absolute Gasteiger partial charge is 0.322 e. The molecule has 5 heteroatoms. The number of nitrogens with zero attached hydrogens (tertiary/aromatic N) is 2. The topological polar surface area (TPSA) is 56.3 Å². The van der Waals surface area contributed by atoms with Gasteiger partial charge in [0.1, 0.15) is 0 Å². The van der Waals surface area contributed by atoms with E-state index in [9.17, 15) is 0 Å². The van der Waals surface area contributed by atoms with Crippen molar-refractivity contribution in [2.75, 3.05) is 6.61 Å². The third kappa shape index (κ3) is 4.72. The maximum Gasteiger partial charge on any atom is 0.322 e. The van der Waals surface area contributed by atoms with Gasteiger partial charge in [0.2, 0.25) is 0 Å². The van der Waals surface area contributed by atoms with E-state index in [2.05, 4.69) is 29.1 Å². The zero-order valence-electron chi connectivity index (χ0n) is 12.7. The number of para-hydroxylation sites is 2. The lowest BCUT2D eigenvalue weighted by Crippen LogP contribution is -2.21. The normalized spacial score (nSPS) is 10.7. The van der Waals surface area contributed by atoms with Crippen molar-refractivity contribution in [1.82, 2.24) is 15.3 Å². The molecule has 1 aromatic heterocycles. The number of aromatic nitrogens is 2. The van der Waals surface area contributed by atoms with Crippen LogP contribution < -0.4 is 14.8 Å². The van der Waals surface area contributed by atoms with Crippen LogP contribution in [0.5, 0.6) is 17.5 Å². The summed E-state index contributed by atoms with van der Waals surface area (Å²) in [6, 6.07) is 8.23. The first-order chi connectivity index (χ1) is 10.2. The van der Waals surface area contributed by atoms with Crippen LogP contribution in [0.15, 0.2) is 36.7 Å². The summed E-state index contributed by atoms with van der Waals surface area (Å²) in [7, 11) is 0. The van der Waals surface area contributed by atoms with E-state index < -0.39 is 0 Å². The average Bonchev–Trinajstić information content (AvgIpc) is 2.49. The predicted molar refractivity (Wildman–Crippen MR) is 81.7 cm³/mol. The van der Waals surface area contributed by atoms with E-state index in [0.29, 0.717) is 30.2 Å². The molecule has 0 saturated carbocycles. The van der Waals surface area contributed by atoms with Gasteiger partial charge >= 0.3 is 6.01 Å². The molecular weight excluding hydrogens is 266 g/mol. The summed E-state index contributed by atoms with van der Waals surface area (Å²) in [6.07, 6.45) is 3.53. The number of hydrogen-bond donors (Lipinski definition) is 1. The number of ether oxygens (including phenoxy) is 2. The van der Waals surface area contributed by atoms with Gasteiger partial charge in [-0.3, -0.25) is 0 Å². The molecule has 2 rings (SSSR count). The van der Waals surface area contributed by atoms with Crippen LogP contribution in [0.4, 0.5) is 0 Å². The summed E-state index contributed by atoms with van der Waals surface area (Å²) < 4.78 is 11.2. The molecule has 112 valence electrons. The van der Waals surface area contributed by atoms with Gasteiger partial charge in [-0.1, -0.05) is 26.0 Å². The van der Waals surface area contributed by atoms with Gasteiger partial charge in [0.25, 0.3) is 0 Å². The summed E-state index contributed by atoms with van der Waals surface area (Å²) in [6.45, 7) is 7.46. The molecule has 1 N–H and O–H groups in total. The molecule has 0 unspecified atom stereocenters. The van der Waals surface area contributed by atoms with E-state index in [1.165, 1.54) is 0 Å². The number of nitrogens with one attached hydrogen (secondary N) is 1. The van der Waals surface area contributed by atoms with Crippen molar-refractivity contribution in [1.29, 1.82) is 0 Å². The van der Waals surface area contributed by atoms with E-state index in [1.807, 2.05) is 31.2 Å². The van der Waals surface area contributed by atoms with Crippen molar-refractivity contribution in [3.63, 3.8) is 0 Å². The van der Waals surface area contributed by atoms with Gasteiger partial charge in [-0.05, 0) is 19.1 Å². The fourth-order valence-electron chi connectivity index (χ4n) is 1.72. The van der Waals surface area contributed by atoms with Crippen LogP contribution in [-0.4, -0.2) is 22.6 Å². The molecule has 21 heavy (non-hydrogen) atoms. The third-order valence-electron chi connectivity index (χ3n) is 2.75. The second-order valence-electron chi connectivity index (χ2n) is 4.89. The van der Waals surface area contributed by atoms with Gasteiger partial charge in [0.05, 0.1) is 6.61 Å². The Balaban J connectivity index is 2.03. The number of benzene rings is 1. The highest BCUT2D eigenvalue weighted by atomic mass is 16.5. The van der Waals surface area contributed by atoms with Crippen molar-refractivity contribution >= 4 is 0 Å². The average molecular weight is 287 g/mol. The third-order valence-corrected chi connectivity index (χ3v) is 2.75. The van der Waals surface area contributed by atoms with Gasteiger partial charge in [-0.15, -0.1) is 0 Å². The van der Waals surface area contributed by atoms with Crippen LogP contribution in [0.25, 0.3) is 0 Å². The highest BCUT2D eigenvalue weighted by molar-refractivity contribution is 5.40. The lowest BCUT2D eigenvalue weighted by molar-refractivity contribution is 0.317. The summed E-state index contributed by atoms with van der Waals surface area (Å²) >= 11 is 0. The highest BCUT2D eigenvalue weighted by Crippen LogP contribution is 2.29. The summed E-state index contributed by atoms with van der Waals surface area (Å²) in [4.78, 5) is 8.45.